The molecular formula is C18H22N2O4S. The van der Waals surface area contributed by atoms with E-state index in [4.69, 9.17) is 10.00 Å². The predicted molar refractivity (Wildman–Crippen MR) is 91.1 cm³/mol. The van der Waals surface area contributed by atoms with Crippen LogP contribution in [0, 0.1) is 17.2 Å². The molecule has 1 fully saturated rings. The third-order valence-electron chi connectivity index (χ3n) is 4.97. The minimum Gasteiger partial charge on any atom is -0.447 e. The smallest absolute Gasteiger partial charge is 0.310 e. The van der Waals surface area contributed by atoms with Gasteiger partial charge >= 0.3 is 5.97 Å². The molecular weight excluding hydrogens is 340 g/mol. The average Bonchev–Trinajstić information content (AvgIpc) is 3.09. The summed E-state index contributed by atoms with van der Waals surface area (Å²) < 4.78 is 32.2. The van der Waals surface area contributed by atoms with Crippen molar-refractivity contribution in [3.8, 4) is 6.07 Å². The highest BCUT2D eigenvalue weighted by molar-refractivity contribution is 7.89. The predicted octanol–water partition coefficient (Wildman–Crippen LogP) is 2.03. The monoisotopic (exact) mass is 362 g/mol. The number of carbonyl (C=O) groups excluding carboxylic acids is 1. The molecule has 0 spiro atoms. The summed E-state index contributed by atoms with van der Waals surface area (Å²) in [4.78, 5) is 12.3. The van der Waals surface area contributed by atoms with Gasteiger partial charge in [-0.1, -0.05) is 6.07 Å². The lowest BCUT2D eigenvalue weighted by molar-refractivity contribution is -0.152. The van der Waals surface area contributed by atoms with Crippen molar-refractivity contribution in [3.05, 3.63) is 29.3 Å². The molecule has 3 rings (SSSR count). The highest BCUT2D eigenvalue weighted by Crippen LogP contribution is 2.29. The first-order valence-electron chi connectivity index (χ1n) is 8.64. The second kappa shape index (κ2) is 7.14. The van der Waals surface area contributed by atoms with E-state index in [2.05, 4.69) is 0 Å². The van der Waals surface area contributed by atoms with Gasteiger partial charge in [-0.15, -0.1) is 0 Å². The summed E-state index contributed by atoms with van der Waals surface area (Å²) in [5, 5.41) is 8.71. The van der Waals surface area contributed by atoms with E-state index >= 15 is 0 Å². The maximum absolute atomic E-state index is 12.9. The summed E-state index contributed by atoms with van der Waals surface area (Å²) in [5.74, 6) is -0.758. The fourth-order valence-electron chi connectivity index (χ4n) is 3.49. The van der Waals surface area contributed by atoms with E-state index in [1.54, 1.807) is 12.1 Å². The quantitative estimate of drug-likeness (QED) is 0.765. The molecule has 0 amide bonds. The number of hydrogen-bond donors (Lipinski definition) is 0. The van der Waals surface area contributed by atoms with Crippen LogP contribution in [-0.4, -0.2) is 37.9 Å². The van der Waals surface area contributed by atoms with Crippen LogP contribution in [0.1, 0.15) is 37.3 Å². The third-order valence-corrected chi connectivity index (χ3v) is 6.86. The van der Waals surface area contributed by atoms with Crippen LogP contribution < -0.4 is 0 Å². The Kier molecular flexibility index (Phi) is 5.11. The Morgan fingerprint density at radius 3 is 2.64 bits per heavy atom. The highest BCUT2D eigenvalue weighted by atomic mass is 32.2. The number of sulfonamides is 1. The lowest BCUT2D eigenvalue weighted by Crippen LogP contribution is -2.41. The molecule has 0 bridgehead atoms. The first-order valence-corrected chi connectivity index (χ1v) is 10.1. The largest absolute Gasteiger partial charge is 0.447 e. The van der Waals surface area contributed by atoms with E-state index in [0.29, 0.717) is 30.8 Å². The first kappa shape index (κ1) is 17.9. The van der Waals surface area contributed by atoms with Gasteiger partial charge in [0, 0.05) is 13.1 Å². The topological polar surface area (TPSA) is 87.5 Å². The Morgan fingerprint density at radius 1 is 1.28 bits per heavy atom. The summed E-state index contributed by atoms with van der Waals surface area (Å²) in [7, 11) is -3.53. The van der Waals surface area contributed by atoms with Crippen LogP contribution >= 0.6 is 0 Å². The SMILES string of the molecule is CC(C#N)OC(=O)C1CCN(S(=O)(=O)c2ccc3c(c2)CCC3)CC1. The van der Waals surface area contributed by atoms with E-state index in [-0.39, 0.29) is 5.92 Å². The molecule has 1 atom stereocenters. The molecule has 0 saturated carbocycles. The molecule has 1 aromatic rings. The number of ether oxygens (including phenoxy) is 1. The van der Waals surface area contributed by atoms with E-state index in [9.17, 15) is 13.2 Å². The summed E-state index contributed by atoms with van der Waals surface area (Å²) in [6, 6.07) is 7.27. The van der Waals surface area contributed by atoms with E-state index < -0.39 is 22.1 Å². The zero-order valence-corrected chi connectivity index (χ0v) is 15.1. The van der Waals surface area contributed by atoms with Crippen molar-refractivity contribution >= 4 is 16.0 Å². The number of benzene rings is 1. The lowest BCUT2D eigenvalue weighted by atomic mass is 9.98. The maximum Gasteiger partial charge on any atom is 0.310 e. The molecule has 1 aromatic carbocycles. The van der Waals surface area contributed by atoms with Crippen LogP contribution in [0.15, 0.2) is 23.1 Å². The summed E-state index contributed by atoms with van der Waals surface area (Å²) in [5.41, 5.74) is 2.37. The number of rotatable bonds is 4. The Bertz CT molecular complexity index is 805. The summed E-state index contributed by atoms with van der Waals surface area (Å²) in [6.07, 6.45) is 3.09. The fraction of sp³-hybridized carbons (Fsp3) is 0.556. The van der Waals surface area contributed by atoms with Crippen LogP contribution in [-0.2, 0) is 32.4 Å². The van der Waals surface area contributed by atoms with Gasteiger partial charge in [0.2, 0.25) is 10.0 Å². The van der Waals surface area contributed by atoms with Crippen molar-refractivity contribution in [3.63, 3.8) is 0 Å². The molecule has 1 heterocycles. The zero-order chi connectivity index (χ0) is 18.0. The Balaban J connectivity index is 1.66. The van der Waals surface area contributed by atoms with Crippen LogP contribution in [0.4, 0.5) is 0 Å². The van der Waals surface area contributed by atoms with Crippen molar-refractivity contribution in [2.24, 2.45) is 5.92 Å². The molecule has 7 heteroatoms. The minimum absolute atomic E-state index is 0.292. The van der Waals surface area contributed by atoms with Gasteiger partial charge in [-0.05, 0) is 62.3 Å². The molecule has 0 radical (unpaired) electrons. The molecule has 1 saturated heterocycles. The Hall–Kier alpha value is -1.91. The fourth-order valence-corrected chi connectivity index (χ4v) is 5.01. The molecule has 0 N–H and O–H groups in total. The van der Waals surface area contributed by atoms with E-state index in [0.717, 1.165) is 24.8 Å². The number of aryl methyl sites for hydroxylation is 2. The Labute approximate surface area is 148 Å². The van der Waals surface area contributed by atoms with Gasteiger partial charge in [0.1, 0.15) is 6.07 Å². The molecule has 0 aromatic heterocycles. The Morgan fingerprint density at radius 2 is 1.96 bits per heavy atom. The van der Waals surface area contributed by atoms with Gasteiger partial charge in [0.25, 0.3) is 0 Å². The number of hydrogen-bond acceptors (Lipinski definition) is 5. The highest BCUT2D eigenvalue weighted by Gasteiger charge is 2.33. The van der Waals surface area contributed by atoms with Crippen LogP contribution in [0.3, 0.4) is 0 Å². The standard InChI is InChI=1S/C18H22N2O4S/c1-13(12-19)24-18(21)15-7-9-20(10-8-15)25(22,23)17-6-5-14-3-2-4-16(14)11-17/h5-6,11,13,15H,2-4,7-10H2,1H3. The zero-order valence-electron chi connectivity index (χ0n) is 14.3. The molecule has 1 aliphatic heterocycles. The average molecular weight is 362 g/mol. The first-order chi connectivity index (χ1) is 11.9. The normalized spacial score (nSPS) is 19.8. The summed E-state index contributed by atoms with van der Waals surface area (Å²) in [6.45, 7) is 2.10. The third kappa shape index (κ3) is 3.70. The molecule has 25 heavy (non-hydrogen) atoms. The van der Waals surface area contributed by atoms with Gasteiger partial charge in [0.05, 0.1) is 10.8 Å². The van der Waals surface area contributed by atoms with Crippen LogP contribution in [0.2, 0.25) is 0 Å². The maximum atomic E-state index is 12.9. The van der Waals surface area contributed by atoms with Crippen LogP contribution in [0.5, 0.6) is 0 Å². The van der Waals surface area contributed by atoms with Gasteiger partial charge < -0.3 is 4.74 Å². The van der Waals surface area contributed by atoms with Gasteiger partial charge in [0.15, 0.2) is 6.10 Å². The van der Waals surface area contributed by atoms with Crippen molar-refractivity contribution in [1.29, 1.82) is 5.26 Å². The van der Waals surface area contributed by atoms with Gasteiger partial charge in [-0.3, -0.25) is 4.79 Å². The number of nitrogens with zero attached hydrogens (tertiary/aromatic N) is 2. The number of piperidine rings is 1. The van der Waals surface area contributed by atoms with Crippen molar-refractivity contribution in [2.45, 2.75) is 50.0 Å². The lowest BCUT2D eigenvalue weighted by Gasteiger charge is -2.30. The van der Waals surface area contributed by atoms with E-state index in [1.807, 2.05) is 12.1 Å². The van der Waals surface area contributed by atoms with Crippen molar-refractivity contribution in [1.82, 2.24) is 4.31 Å². The summed E-state index contributed by atoms with van der Waals surface area (Å²) >= 11 is 0. The van der Waals surface area contributed by atoms with Crippen molar-refractivity contribution < 1.29 is 17.9 Å². The minimum atomic E-state index is -3.53. The number of nitriles is 1. The second-order valence-corrected chi connectivity index (χ2v) is 8.61. The molecule has 6 nitrogen and oxygen atoms in total. The number of esters is 1. The van der Waals surface area contributed by atoms with Gasteiger partial charge in [-0.2, -0.15) is 9.57 Å². The molecule has 2 aliphatic rings. The van der Waals surface area contributed by atoms with Gasteiger partial charge in [-0.25, -0.2) is 8.42 Å². The molecule has 1 aliphatic carbocycles. The molecule has 1 unspecified atom stereocenters. The van der Waals surface area contributed by atoms with E-state index in [1.165, 1.54) is 16.8 Å². The second-order valence-electron chi connectivity index (χ2n) is 6.67. The van der Waals surface area contributed by atoms with Crippen LogP contribution in [0.25, 0.3) is 0 Å². The number of fused-ring (bicyclic) bond motifs is 1. The number of carbonyl (C=O) groups is 1. The van der Waals surface area contributed by atoms with Crippen molar-refractivity contribution in [2.75, 3.05) is 13.1 Å². The molecule has 134 valence electrons.